The number of methoxy groups -OCH3 is 1. The Labute approximate surface area is 179 Å². The van der Waals surface area contributed by atoms with Crippen LogP contribution in [0.25, 0.3) is 0 Å². The Kier molecular flexibility index (Phi) is 5.61. The zero-order chi connectivity index (χ0) is 21.3. The largest absolute Gasteiger partial charge is 0.495 e. The third kappa shape index (κ3) is 4.24. The summed E-state index contributed by atoms with van der Waals surface area (Å²) in [5.74, 6) is 1.55. The van der Waals surface area contributed by atoms with Crippen molar-refractivity contribution in [2.45, 2.75) is 19.9 Å². The van der Waals surface area contributed by atoms with E-state index in [-0.39, 0.29) is 5.56 Å². The molecule has 1 aliphatic heterocycles. The van der Waals surface area contributed by atoms with Crippen molar-refractivity contribution < 1.29 is 4.74 Å². The van der Waals surface area contributed by atoms with Gasteiger partial charge < -0.3 is 25.3 Å². The molecule has 0 saturated heterocycles. The topological polar surface area (TPSA) is 95.2 Å². The zero-order valence-electron chi connectivity index (χ0n) is 17.0. The van der Waals surface area contributed by atoms with Gasteiger partial charge in [-0.05, 0) is 49.2 Å². The first-order chi connectivity index (χ1) is 14.4. The molecule has 9 heteroatoms. The van der Waals surface area contributed by atoms with Crippen LogP contribution in [-0.4, -0.2) is 40.6 Å². The Morgan fingerprint density at radius 1 is 1.20 bits per heavy atom. The van der Waals surface area contributed by atoms with Crippen LogP contribution < -0.4 is 20.9 Å². The number of ether oxygens (including phenoxy) is 1. The lowest BCUT2D eigenvalue weighted by Crippen LogP contribution is -2.26. The number of fused-ring (bicyclic) bond motifs is 1. The zero-order valence-corrected chi connectivity index (χ0v) is 17.8. The highest BCUT2D eigenvalue weighted by Crippen LogP contribution is 2.33. The van der Waals surface area contributed by atoms with E-state index in [2.05, 4.69) is 49.7 Å². The number of aromatic amines is 1. The summed E-state index contributed by atoms with van der Waals surface area (Å²) < 4.78 is 5.58. The minimum atomic E-state index is -0.167. The highest BCUT2D eigenvalue weighted by atomic mass is 35.5. The molecule has 0 atom stereocenters. The van der Waals surface area contributed by atoms with Gasteiger partial charge in [0.15, 0.2) is 5.82 Å². The Morgan fingerprint density at radius 3 is 2.80 bits per heavy atom. The van der Waals surface area contributed by atoms with Crippen molar-refractivity contribution in [2.24, 2.45) is 0 Å². The molecule has 0 bridgehead atoms. The van der Waals surface area contributed by atoms with Gasteiger partial charge in [0, 0.05) is 25.4 Å². The van der Waals surface area contributed by atoms with Crippen molar-refractivity contribution in [3.05, 3.63) is 62.7 Å². The van der Waals surface area contributed by atoms with Gasteiger partial charge in [0.2, 0.25) is 11.5 Å². The number of aryl methyl sites for hydroxylation is 1. The quantitative estimate of drug-likeness (QED) is 0.573. The lowest BCUT2D eigenvalue weighted by molar-refractivity contribution is 0.312. The first kappa shape index (κ1) is 20.2. The molecule has 0 spiro atoms. The summed E-state index contributed by atoms with van der Waals surface area (Å²) in [4.78, 5) is 25.2. The number of hydrogen-bond acceptors (Lipinski definition) is 7. The third-order valence-corrected chi connectivity index (χ3v) is 5.38. The molecular weight excluding hydrogens is 404 g/mol. The number of halogens is 1. The smallest absolute Gasteiger partial charge is 0.248 e. The van der Waals surface area contributed by atoms with Gasteiger partial charge in [0.1, 0.15) is 10.8 Å². The molecule has 3 N–H and O–H groups in total. The molecule has 2 aromatic heterocycles. The molecule has 8 nitrogen and oxygen atoms in total. The van der Waals surface area contributed by atoms with E-state index in [1.54, 1.807) is 13.3 Å². The average molecular weight is 427 g/mol. The molecule has 0 fully saturated rings. The van der Waals surface area contributed by atoms with Gasteiger partial charge in [-0.15, -0.1) is 0 Å². The second-order valence-corrected chi connectivity index (χ2v) is 7.75. The number of H-pyrrole nitrogens is 1. The minimum absolute atomic E-state index is 0.167. The summed E-state index contributed by atoms with van der Waals surface area (Å²) in [6, 6.07) is 5.66. The average Bonchev–Trinajstić information content (AvgIpc) is 2.72. The van der Waals surface area contributed by atoms with Crippen molar-refractivity contribution >= 4 is 34.7 Å². The van der Waals surface area contributed by atoms with E-state index in [9.17, 15) is 4.79 Å². The van der Waals surface area contributed by atoms with Crippen LogP contribution in [0, 0.1) is 6.92 Å². The van der Waals surface area contributed by atoms with Gasteiger partial charge in [-0.3, -0.25) is 4.79 Å². The number of benzene rings is 1. The second kappa shape index (κ2) is 8.33. The maximum absolute atomic E-state index is 11.4. The van der Waals surface area contributed by atoms with Crippen LogP contribution in [0.4, 0.5) is 23.1 Å². The summed E-state index contributed by atoms with van der Waals surface area (Å²) >= 11 is 6.28. The van der Waals surface area contributed by atoms with Crippen LogP contribution >= 0.6 is 11.6 Å². The fraction of sp³-hybridized carbons (Fsp3) is 0.286. The molecule has 0 unspecified atom stereocenters. The number of hydrogen-bond donors (Lipinski definition) is 3. The minimum Gasteiger partial charge on any atom is -0.495 e. The van der Waals surface area contributed by atoms with E-state index in [0.717, 1.165) is 36.5 Å². The number of anilines is 4. The predicted octanol–water partition coefficient (Wildman–Crippen LogP) is 3.61. The number of nitrogens with zero attached hydrogens (tertiary/aromatic N) is 3. The van der Waals surface area contributed by atoms with Gasteiger partial charge in [-0.2, -0.15) is 4.98 Å². The Bertz CT molecular complexity index is 1150. The standard InChI is InChI=1S/C21H23ClN6O2/c1-12-6-19(29)23-10-17(12)25-20-15(22)9-24-21(27-20)26-16-7-14-11-28(2)5-4-13(14)8-18(16)30-3/h6-10H,4-5,11H2,1-3H3,(H,23,29)(H2,24,25,26,27). The van der Waals surface area contributed by atoms with E-state index in [1.165, 1.54) is 23.4 Å². The fourth-order valence-corrected chi connectivity index (χ4v) is 3.60. The maximum atomic E-state index is 11.4. The van der Waals surface area contributed by atoms with Crippen molar-refractivity contribution in [3.8, 4) is 5.75 Å². The molecule has 3 aromatic rings. The lowest BCUT2D eigenvalue weighted by atomic mass is 9.99. The summed E-state index contributed by atoms with van der Waals surface area (Å²) in [6.07, 6.45) is 4.11. The monoisotopic (exact) mass is 426 g/mol. The molecule has 0 saturated carbocycles. The molecular formula is C21H23ClN6O2. The van der Waals surface area contributed by atoms with Crippen LogP contribution in [0.15, 0.2) is 35.4 Å². The highest BCUT2D eigenvalue weighted by Gasteiger charge is 2.18. The van der Waals surface area contributed by atoms with E-state index in [4.69, 9.17) is 16.3 Å². The van der Waals surface area contributed by atoms with Gasteiger partial charge in [0.25, 0.3) is 0 Å². The molecule has 0 radical (unpaired) electrons. The fourth-order valence-electron chi connectivity index (χ4n) is 3.47. The molecule has 0 amide bonds. The first-order valence-corrected chi connectivity index (χ1v) is 9.95. The third-order valence-electron chi connectivity index (χ3n) is 5.10. The molecule has 30 heavy (non-hydrogen) atoms. The van der Waals surface area contributed by atoms with Crippen LogP contribution in [0.5, 0.6) is 5.75 Å². The lowest BCUT2D eigenvalue weighted by Gasteiger charge is -2.26. The first-order valence-electron chi connectivity index (χ1n) is 9.57. The number of pyridine rings is 1. The highest BCUT2D eigenvalue weighted by molar-refractivity contribution is 6.32. The van der Waals surface area contributed by atoms with E-state index in [0.29, 0.717) is 22.5 Å². The van der Waals surface area contributed by atoms with Gasteiger partial charge in [0.05, 0.1) is 24.7 Å². The number of aromatic nitrogens is 3. The van der Waals surface area contributed by atoms with E-state index < -0.39 is 0 Å². The van der Waals surface area contributed by atoms with Crippen molar-refractivity contribution in [3.63, 3.8) is 0 Å². The molecule has 0 aliphatic carbocycles. The molecule has 4 rings (SSSR count). The molecule has 156 valence electrons. The Hall–Kier alpha value is -3.10. The number of rotatable bonds is 5. The van der Waals surface area contributed by atoms with Gasteiger partial charge in [-0.25, -0.2) is 4.98 Å². The summed E-state index contributed by atoms with van der Waals surface area (Å²) in [5, 5.41) is 6.76. The number of nitrogens with one attached hydrogen (secondary N) is 3. The van der Waals surface area contributed by atoms with Crippen LogP contribution in [0.1, 0.15) is 16.7 Å². The van der Waals surface area contributed by atoms with Crippen LogP contribution in [0.3, 0.4) is 0 Å². The maximum Gasteiger partial charge on any atom is 0.248 e. The van der Waals surface area contributed by atoms with Gasteiger partial charge >= 0.3 is 0 Å². The van der Waals surface area contributed by atoms with E-state index in [1.807, 2.05) is 6.92 Å². The number of likely N-dealkylation sites (N-methyl/N-ethyl adjacent to an activating group) is 1. The molecule has 1 aromatic carbocycles. The normalized spacial score (nSPS) is 13.6. The summed E-state index contributed by atoms with van der Waals surface area (Å²) in [7, 11) is 3.76. The second-order valence-electron chi connectivity index (χ2n) is 7.34. The molecule has 1 aliphatic rings. The summed E-state index contributed by atoms with van der Waals surface area (Å²) in [5.41, 5.74) is 4.66. The Morgan fingerprint density at radius 2 is 2.03 bits per heavy atom. The Balaban J connectivity index is 1.63. The van der Waals surface area contributed by atoms with Gasteiger partial charge in [-0.1, -0.05) is 11.6 Å². The van der Waals surface area contributed by atoms with Crippen molar-refractivity contribution in [2.75, 3.05) is 31.3 Å². The van der Waals surface area contributed by atoms with Crippen LogP contribution in [0.2, 0.25) is 5.02 Å². The van der Waals surface area contributed by atoms with Crippen LogP contribution in [-0.2, 0) is 13.0 Å². The SMILES string of the molecule is COc1cc2c(cc1Nc1ncc(Cl)c(Nc3c[nH]c(=O)cc3C)n1)CN(C)CC2. The van der Waals surface area contributed by atoms with Crippen molar-refractivity contribution in [1.82, 2.24) is 19.9 Å². The predicted molar refractivity (Wildman–Crippen MR) is 118 cm³/mol. The van der Waals surface area contributed by atoms with Crippen molar-refractivity contribution in [1.29, 1.82) is 0 Å². The molecule has 3 heterocycles. The van der Waals surface area contributed by atoms with E-state index >= 15 is 0 Å². The summed E-state index contributed by atoms with van der Waals surface area (Å²) in [6.45, 7) is 3.75.